The Labute approximate surface area is 117 Å². The molecule has 6 heteroatoms. The lowest BCUT2D eigenvalue weighted by atomic mass is 10.1. The number of halogens is 2. The minimum atomic E-state index is 0.381. The van der Waals surface area contributed by atoms with Crippen molar-refractivity contribution >= 4 is 33.2 Å². The number of aromatic nitrogens is 4. The summed E-state index contributed by atoms with van der Waals surface area (Å²) in [5, 5.41) is 4.78. The number of nitrogens with zero attached hydrogens (tertiary/aromatic N) is 4. The fourth-order valence-corrected chi connectivity index (χ4v) is 2.25. The van der Waals surface area contributed by atoms with E-state index in [0.717, 1.165) is 11.1 Å². The van der Waals surface area contributed by atoms with Gasteiger partial charge in [-0.1, -0.05) is 35.9 Å². The smallest absolute Gasteiger partial charge is 0.182 e. The molecular weight excluding hydrogens is 316 g/mol. The number of rotatable bonds is 1. The molecule has 0 unspecified atom stereocenters. The van der Waals surface area contributed by atoms with Crippen molar-refractivity contribution in [3.63, 3.8) is 0 Å². The van der Waals surface area contributed by atoms with E-state index in [-0.39, 0.29) is 0 Å². The van der Waals surface area contributed by atoms with Crippen LogP contribution in [-0.2, 0) is 0 Å². The van der Waals surface area contributed by atoms with Crippen LogP contribution in [0, 0.1) is 6.92 Å². The lowest BCUT2D eigenvalue weighted by Crippen LogP contribution is -1.91. The molecule has 18 heavy (non-hydrogen) atoms. The van der Waals surface area contributed by atoms with Gasteiger partial charge in [0.2, 0.25) is 0 Å². The van der Waals surface area contributed by atoms with E-state index in [1.54, 1.807) is 10.8 Å². The second-order valence-corrected chi connectivity index (χ2v) is 5.02. The summed E-state index contributed by atoms with van der Waals surface area (Å²) in [6, 6.07) is 7.98. The van der Waals surface area contributed by atoms with Gasteiger partial charge in [-0.25, -0.2) is 14.5 Å². The molecule has 0 spiro atoms. The molecule has 0 amide bonds. The van der Waals surface area contributed by atoms with Crippen LogP contribution >= 0.6 is 27.5 Å². The lowest BCUT2D eigenvalue weighted by molar-refractivity contribution is 0.921. The molecule has 3 aromatic rings. The van der Waals surface area contributed by atoms with Gasteiger partial charge in [0.05, 0.1) is 4.47 Å². The van der Waals surface area contributed by atoms with Crippen LogP contribution in [0.4, 0.5) is 0 Å². The van der Waals surface area contributed by atoms with E-state index >= 15 is 0 Å². The van der Waals surface area contributed by atoms with Gasteiger partial charge in [0.1, 0.15) is 11.5 Å². The second-order valence-electron chi connectivity index (χ2n) is 3.87. The van der Waals surface area contributed by atoms with Crippen molar-refractivity contribution in [1.82, 2.24) is 19.6 Å². The topological polar surface area (TPSA) is 43.1 Å². The maximum absolute atomic E-state index is 5.94. The molecule has 0 fully saturated rings. The molecule has 0 saturated carbocycles. The number of hydrogen-bond acceptors (Lipinski definition) is 3. The Morgan fingerprint density at radius 2 is 2.06 bits per heavy atom. The zero-order valence-electron chi connectivity index (χ0n) is 9.43. The third-order valence-electron chi connectivity index (χ3n) is 2.68. The first-order valence-electron chi connectivity index (χ1n) is 5.29. The molecule has 0 aliphatic carbocycles. The van der Waals surface area contributed by atoms with Gasteiger partial charge in [0, 0.05) is 5.56 Å². The van der Waals surface area contributed by atoms with E-state index in [9.17, 15) is 0 Å². The number of fused-ring (bicyclic) bond motifs is 1. The third-order valence-corrected chi connectivity index (χ3v) is 3.92. The van der Waals surface area contributed by atoms with Crippen molar-refractivity contribution in [3.8, 4) is 11.4 Å². The van der Waals surface area contributed by atoms with Crippen LogP contribution in [0.1, 0.15) is 5.56 Å². The molecule has 0 saturated heterocycles. The number of benzene rings is 1. The summed E-state index contributed by atoms with van der Waals surface area (Å²) >= 11 is 9.30. The molecular formula is C12H8BrClN4. The largest absolute Gasteiger partial charge is 0.223 e. The Kier molecular flexibility index (Phi) is 2.80. The standard InChI is InChI=1S/C12H8BrClN4/c1-7-4-2-3-5-8(7)11-16-12-9(13)10(14)15-6-18(12)17-11/h2-6H,1H3. The van der Waals surface area contributed by atoms with Crippen LogP contribution in [0.2, 0.25) is 5.15 Å². The molecule has 4 nitrogen and oxygen atoms in total. The van der Waals surface area contributed by atoms with E-state index in [1.807, 2.05) is 31.2 Å². The third kappa shape index (κ3) is 1.79. The van der Waals surface area contributed by atoms with Crippen molar-refractivity contribution in [3.05, 3.63) is 45.8 Å². The van der Waals surface area contributed by atoms with Crippen molar-refractivity contribution < 1.29 is 0 Å². The highest BCUT2D eigenvalue weighted by Crippen LogP contribution is 2.26. The predicted octanol–water partition coefficient (Wildman–Crippen LogP) is 3.52. The predicted molar refractivity (Wildman–Crippen MR) is 73.7 cm³/mol. The van der Waals surface area contributed by atoms with Crippen LogP contribution in [-0.4, -0.2) is 19.6 Å². The molecule has 0 N–H and O–H groups in total. The average Bonchev–Trinajstić information content (AvgIpc) is 2.79. The zero-order valence-corrected chi connectivity index (χ0v) is 11.8. The van der Waals surface area contributed by atoms with Gasteiger partial charge in [0.25, 0.3) is 0 Å². The van der Waals surface area contributed by atoms with Gasteiger partial charge in [-0.05, 0) is 28.4 Å². The van der Waals surface area contributed by atoms with Crippen LogP contribution in [0.15, 0.2) is 35.1 Å². The van der Waals surface area contributed by atoms with E-state index in [1.165, 1.54) is 0 Å². The summed E-state index contributed by atoms with van der Waals surface area (Å²) < 4.78 is 2.26. The van der Waals surface area contributed by atoms with Crippen LogP contribution in [0.3, 0.4) is 0 Å². The SMILES string of the molecule is Cc1ccccc1-c1nc2c(Br)c(Cl)ncn2n1. The van der Waals surface area contributed by atoms with Crippen LogP contribution in [0.25, 0.3) is 17.0 Å². The highest BCUT2D eigenvalue weighted by atomic mass is 79.9. The van der Waals surface area contributed by atoms with E-state index < -0.39 is 0 Å². The molecule has 3 rings (SSSR count). The zero-order chi connectivity index (χ0) is 12.7. The Morgan fingerprint density at radius 3 is 2.83 bits per heavy atom. The molecule has 0 bridgehead atoms. The van der Waals surface area contributed by atoms with E-state index in [0.29, 0.717) is 21.1 Å². The Hall–Kier alpha value is -1.46. The molecule has 0 aliphatic heterocycles. The number of aryl methyl sites for hydroxylation is 1. The van der Waals surface area contributed by atoms with Gasteiger partial charge in [-0.15, -0.1) is 5.10 Å². The van der Waals surface area contributed by atoms with Crippen molar-refractivity contribution in [2.75, 3.05) is 0 Å². The maximum atomic E-state index is 5.94. The van der Waals surface area contributed by atoms with Gasteiger partial charge in [-0.2, -0.15) is 0 Å². The summed E-state index contributed by atoms with van der Waals surface area (Å²) in [7, 11) is 0. The summed E-state index contributed by atoms with van der Waals surface area (Å²) in [5.74, 6) is 0.665. The minimum absolute atomic E-state index is 0.381. The first-order chi connectivity index (χ1) is 8.66. The van der Waals surface area contributed by atoms with E-state index in [2.05, 4.69) is 31.0 Å². The fraction of sp³-hybridized carbons (Fsp3) is 0.0833. The summed E-state index contributed by atoms with van der Waals surface area (Å²) in [5.41, 5.74) is 2.79. The van der Waals surface area contributed by atoms with Crippen molar-refractivity contribution in [2.24, 2.45) is 0 Å². The fourth-order valence-electron chi connectivity index (χ4n) is 1.75. The van der Waals surface area contributed by atoms with E-state index in [4.69, 9.17) is 11.6 Å². The molecule has 0 atom stereocenters. The molecule has 2 heterocycles. The lowest BCUT2D eigenvalue weighted by Gasteiger charge is -1.98. The first kappa shape index (κ1) is 11.6. The normalized spacial score (nSPS) is 11.1. The quantitative estimate of drug-likeness (QED) is 0.644. The molecule has 0 aliphatic rings. The Balaban J connectivity index is 2.26. The summed E-state index contributed by atoms with van der Waals surface area (Å²) in [4.78, 5) is 8.50. The molecule has 90 valence electrons. The summed E-state index contributed by atoms with van der Waals surface area (Å²) in [6.45, 7) is 2.03. The monoisotopic (exact) mass is 322 g/mol. The van der Waals surface area contributed by atoms with Gasteiger partial charge in [0.15, 0.2) is 11.5 Å². The number of hydrogen-bond donors (Lipinski definition) is 0. The Morgan fingerprint density at radius 1 is 1.28 bits per heavy atom. The highest BCUT2D eigenvalue weighted by molar-refractivity contribution is 9.10. The first-order valence-corrected chi connectivity index (χ1v) is 6.46. The Bertz CT molecular complexity index is 738. The molecule has 1 aromatic carbocycles. The minimum Gasteiger partial charge on any atom is -0.223 e. The van der Waals surface area contributed by atoms with Crippen molar-refractivity contribution in [1.29, 1.82) is 0 Å². The summed E-state index contributed by atoms with van der Waals surface area (Å²) in [6.07, 6.45) is 1.55. The average molecular weight is 324 g/mol. The molecule has 0 radical (unpaired) electrons. The highest BCUT2D eigenvalue weighted by Gasteiger charge is 2.12. The van der Waals surface area contributed by atoms with Crippen LogP contribution < -0.4 is 0 Å². The van der Waals surface area contributed by atoms with Gasteiger partial charge < -0.3 is 0 Å². The van der Waals surface area contributed by atoms with Gasteiger partial charge in [-0.3, -0.25) is 0 Å². The maximum Gasteiger partial charge on any atom is 0.182 e. The van der Waals surface area contributed by atoms with Crippen LogP contribution in [0.5, 0.6) is 0 Å². The van der Waals surface area contributed by atoms with Crippen molar-refractivity contribution in [2.45, 2.75) is 6.92 Å². The van der Waals surface area contributed by atoms with Gasteiger partial charge >= 0.3 is 0 Å². The second kappa shape index (κ2) is 4.33. The molecule has 2 aromatic heterocycles.